The smallest absolute Gasteiger partial charge is 0.172 e. The Balaban J connectivity index is 1.79. The molecule has 5 heteroatoms. The van der Waals surface area contributed by atoms with Crippen LogP contribution in [0.3, 0.4) is 0 Å². The fourth-order valence-electron chi connectivity index (χ4n) is 2.25. The quantitative estimate of drug-likeness (QED) is 0.553. The first kappa shape index (κ1) is 15.2. The molecule has 0 bridgehead atoms. The third kappa shape index (κ3) is 4.15. The first-order valence-electron chi connectivity index (χ1n) is 7.28. The zero-order chi connectivity index (χ0) is 15.1. The maximum Gasteiger partial charge on any atom is 0.172 e. The molecular weight excluding hydrogens is 266 g/mol. The van der Waals surface area contributed by atoms with E-state index in [-0.39, 0.29) is 5.92 Å². The van der Waals surface area contributed by atoms with Crippen molar-refractivity contribution in [2.45, 2.75) is 39.2 Å². The van der Waals surface area contributed by atoms with Gasteiger partial charge in [0.15, 0.2) is 6.29 Å². The van der Waals surface area contributed by atoms with Crippen molar-refractivity contribution >= 4 is 6.29 Å². The van der Waals surface area contributed by atoms with Gasteiger partial charge in [0.2, 0.25) is 0 Å². The first-order valence-corrected chi connectivity index (χ1v) is 7.28. The van der Waals surface area contributed by atoms with Gasteiger partial charge in [0.25, 0.3) is 0 Å². The highest BCUT2D eigenvalue weighted by atomic mass is 16.5. The summed E-state index contributed by atoms with van der Waals surface area (Å²) in [6.45, 7) is 5.52. The highest BCUT2D eigenvalue weighted by Crippen LogP contribution is 2.17. The topological polar surface area (TPSA) is 57.0 Å². The summed E-state index contributed by atoms with van der Waals surface area (Å²) in [6, 6.07) is 9.78. The number of benzene rings is 1. The lowest BCUT2D eigenvalue weighted by Gasteiger charge is -2.10. The molecule has 5 nitrogen and oxygen atoms in total. The van der Waals surface area contributed by atoms with Crippen molar-refractivity contribution in [2.24, 2.45) is 0 Å². The molecule has 0 aliphatic heterocycles. The van der Waals surface area contributed by atoms with E-state index in [1.165, 1.54) is 0 Å². The monoisotopic (exact) mass is 287 g/mol. The number of aromatic nitrogens is 3. The Kier molecular flexibility index (Phi) is 5.49. The SMILES string of the molecule is CC(C)c1c(C=O)nnn1CCCCOc1ccccc1. The summed E-state index contributed by atoms with van der Waals surface area (Å²) >= 11 is 0. The van der Waals surface area contributed by atoms with Gasteiger partial charge < -0.3 is 4.74 Å². The zero-order valence-corrected chi connectivity index (χ0v) is 12.5. The van der Waals surface area contributed by atoms with Gasteiger partial charge in [-0.3, -0.25) is 4.79 Å². The van der Waals surface area contributed by atoms with Crippen molar-refractivity contribution in [3.05, 3.63) is 41.7 Å². The van der Waals surface area contributed by atoms with Crippen LogP contribution in [0.15, 0.2) is 30.3 Å². The fourth-order valence-corrected chi connectivity index (χ4v) is 2.25. The van der Waals surface area contributed by atoms with E-state index in [2.05, 4.69) is 10.3 Å². The lowest BCUT2D eigenvalue weighted by Crippen LogP contribution is -2.09. The summed E-state index contributed by atoms with van der Waals surface area (Å²) in [5.74, 6) is 1.13. The Morgan fingerprint density at radius 3 is 2.67 bits per heavy atom. The maximum atomic E-state index is 10.9. The largest absolute Gasteiger partial charge is 0.494 e. The van der Waals surface area contributed by atoms with Crippen LogP contribution in [0.4, 0.5) is 0 Å². The molecule has 0 amide bonds. The number of ether oxygens (including phenoxy) is 1. The lowest BCUT2D eigenvalue weighted by atomic mass is 10.1. The van der Waals surface area contributed by atoms with E-state index in [1.54, 1.807) is 0 Å². The van der Waals surface area contributed by atoms with Crippen molar-refractivity contribution in [2.75, 3.05) is 6.61 Å². The van der Waals surface area contributed by atoms with Crippen LogP contribution in [0.5, 0.6) is 5.75 Å². The van der Waals surface area contributed by atoms with E-state index < -0.39 is 0 Å². The molecule has 1 aromatic carbocycles. The van der Waals surface area contributed by atoms with E-state index in [0.29, 0.717) is 12.3 Å². The molecule has 21 heavy (non-hydrogen) atoms. The Labute approximate surface area is 124 Å². The number of aryl methyl sites for hydroxylation is 1. The van der Waals surface area contributed by atoms with Gasteiger partial charge in [-0.2, -0.15) is 0 Å². The molecule has 112 valence electrons. The van der Waals surface area contributed by atoms with E-state index in [9.17, 15) is 4.79 Å². The van der Waals surface area contributed by atoms with Crippen molar-refractivity contribution in [1.29, 1.82) is 0 Å². The second-order valence-corrected chi connectivity index (χ2v) is 5.22. The molecule has 2 rings (SSSR count). The normalized spacial score (nSPS) is 10.8. The average Bonchev–Trinajstić information content (AvgIpc) is 2.91. The molecule has 1 heterocycles. The number of hydrogen-bond acceptors (Lipinski definition) is 4. The predicted molar refractivity (Wildman–Crippen MR) is 80.7 cm³/mol. The molecule has 0 aliphatic rings. The molecule has 0 fully saturated rings. The predicted octanol–water partition coefficient (Wildman–Crippen LogP) is 3.07. The highest BCUT2D eigenvalue weighted by molar-refractivity contribution is 5.73. The minimum absolute atomic E-state index is 0.237. The van der Waals surface area contributed by atoms with Gasteiger partial charge in [-0.1, -0.05) is 37.3 Å². The van der Waals surface area contributed by atoms with Crippen LogP contribution in [-0.4, -0.2) is 27.9 Å². The molecule has 0 atom stereocenters. The number of hydrogen-bond donors (Lipinski definition) is 0. The van der Waals surface area contributed by atoms with Gasteiger partial charge in [-0.25, -0.2) is 4.68 Å². The summed E-state index contributed by atoms with van der Waals surface area (Å²) in [5.41, 5.74) is 1.36. The Morgan fingerprint density at radius 1 is 1.24 bits per heavy atom. The Hall–Kier alpha value is -2.17. The maximum absolute atomic E-state index is 10.9. The summed E-state index contributed by atoms with van der Waals surface area (Å²) in [7, 11) is 0. The molecule has 0 aliphatic carbocycles. The summed E-state index contributed by atoms with van der Waals surface area (Å²) < 4.78 is 7.48. The van der Waals surface area contributed by atoms with Crippen molar-refractivity contribution in [3.63, 3.8) is 0 Å². The molecule has 2 aromatic rings. The van der Waals surface area contributed by atoms with Crippen molar-refractivity contribution < 1.29 is 9.53 Å². The van der Waals surface area contributed by atoms with E-state index in [0.717, 1.165) is 37.1 Å². The number of rotatable bonds is 8. The molecule has 0 saturated heterocycles. The van der Waals surface area contributed by atoms with Gasteiger partial charge in [-0.05, 0) is 30.9 Å². The van der Waals surface area contributed by atoms with Crippen LogP contribution in [0.2, 0.25) is 0 Å². The molecule has 0 spiro atoms. The molecule has 1 aromatic heterocycles. The minimum atomic E-state index is 0.237. The molecule has 0 N–H and O–H groups in total. The Morgan fingerprint density at radius 2 is 2.00 bits per heavy atom. The number of nitrogens with zero attached hydrogens (tertiary/aromatic N) is 3. The third-order valence-electron chi connectivity index (χ3n) is 3.24. The highest BCUT2D eigenvalue weighted by Gasteiger charge is 2.14. The number of carbonyl (C=O) groups is 1. The lowest BCUT2D eigenvalue weighted by molar-refractivity contribution is 0.111. The van der Waals surface area contributed by atoms with Crippen LogP contribution in [0.25, 0.3) is 0 Å². The number of aldehydes is 1. The van der Waals surface area contributed by atoms with Crippen molar-refractivity contribution in [3.8, 4) is 5.75 Å². The van der Waals surface area contributed by atoms with Gasteiger partial charge in [0.1, 0.15) is 11.4 Å². The molecular formula is C16H21N3O2. The van der Waals surface area contributed by atoms with Gasteiger partial charge >= 0.3 is 0 Å². The van der Waals surface area contributed by atoms with Gasteiger partial charge in [0.05, 0.1) is 12.3 Å². The van der Waals surface area contributed by atoms with E-state index in [1.807, 2.05) is 48.9 Å². The first-order chi connectivity index (χ1) is 10.2. The molecule has 0 radical (unpaired) electrons. The van der Waals surface area contributed by atoms with Crippen LogP contribution < -0.4 is 4.74 Å². The number of unbranched alkanes of at least 4 members (excludes halogenated alkanes) is 1. The van der Waals surface area contributed by atoms with Crippen LogP contribution in [0, 0.1) is 0 Å². The van der Waals surface area contributed by atoms with Crippen LogP contribution in [0.1, 0.15) is 48.8 Å². The number of carbonyl (C=O) groups excluding carboxylic acids is 1. The van der Waals surface area contributed by atoms with Gasteiger partial charge in [-0.15, -0.1) is 5.10 Å². The van der Waals surface area contributed by atoms with Crippen molar-refractivity contribution in [1.82, 2.24) is 15.0 Å². The van der Waals surface area contributed by atoms with E-state index in [4.69, 9.17) is 4.74 Å². The molecule has 0 unspecified atom stereocenters. The average molecular weight is 287 g/mol. The fraction of sp³-hybridized carbons (Fsp3) is 0.438. The van der Waals surface area contributed by atoms with Crippen LogP contribution in [-0.2, 0) is 6.54 Å². The Bertz CT molecular complexity index is 564. The van der Waals surface area contributed by atoms with Gasteiger partial charge in [0, 0.05) is 6.54 Å². The second kappa shape index (κ2) is 7.57. The number of para-hydroxylation sites is 1. The standard InChI is InChI=1S/C16H21N3O2/c1-13(2)16-15(12-20)17-18-19(16)10-6-7-11-21-14-8-4-3-5-9-14/h3-5,8-9,12-13H,6-7,10-11H2,1-2H3. The second-order valence-electron chi connectivity index (χ2n) is 5.22. The van der Waals surface area contributed by atoms with Crippen LogP contribution >= 0.6 is 0 Å². The molecule has 0 saturated carbocycles. The third-order valence-corrected chi connectivity index (χ3v) is 3.24. The summed E-state index contributed by atoms with van der Waals surface area (Å²) in [6.07, 6.45) is 2.65. The summed E-state index contributed by atoms with van der Waals surface area (Å²) in [5, 5.41) is 7.97. The zero-order valence-electron chi connectivity index (χ0n) is 12.5. The van der Waals surface area contributed by atoms with E-state index >= 15 is 0 Å². The summed E-state index contributed by atoms with van der Waals surface area (Å²) in [4.78, 5) is 10.9. The minimum Gasteiger partial charge on any atom is -0.494 e.